The van der Waals surface area contributed by atoms with Gasteiger partial charge in [-0.1, -0.05) is 12.1 Å². The minimum atomic E-state index is -5.20. The molecule has 162 valence electrons. The summed E-state index contributed by atoms with van der Waals surface area (Å²) in [6.07, 6.45) is -6.21. The number of aliphatic hydroxyl groups is 1. The Labute approximate surface area is 164 Å². The Morgan fingerprint density at radius 1 is 1.28 bits per heavy atom. The Balaban J connectivity index is 3.00. The fraction of sp³-hybridized carbons (Fsp3) is 0.438. The van der Waals surface area contributed by atoms with Crippen molar-refractivity contribution in [1.29, 1.82) is 0 Å². The molecule has 0 aliphatic carbocycles. The normalized spacial score (nSPS) is 15.7. The van der Waals surface area contributed by atoms with E-state index in [0.717, 1.165) is 24.3 Å². The molecule has 0 bridgehead atoms. The summed E-state index contributed by atoms with van der Waals surface area (Å²) in [4.78, 5) is 21.5. The SMILES string of the molecule is CC(=O)Nc1ccc(C(O)(CCS(=O)(=O)N=CC[C@H](N)C(=O)O)C(F)(F)F)cc1. The third-order valence-corrected chi connectivity index (χ3v) is 4.98. The van der Waals surface area contributed by atoms with E-state index < -0.39 is 63.9 Å². The van der Waals surface area contributed by atoms with Gasteiger partial charge in [-0.25, -0.2) is 8.42 Å². The third-order valence-electron chi connectivity index (χ3n) is 3.79. The molecule has 1 rings (SSSR count). The molecule has 0 radical (unpaired) electrons. The van der Waals surface area contributed by atoms with Crippen LogP contribution < -0.4 is 11.1 Å². The number of aliphatic carboxylic acids is 1. The molecule has 1 unspecified atom stereocenters. The number of halogens is 3. The number of hydrogen-bond donors (Lipinski definition) is 4. The van der Waals surface area contributed by atoms with Gasteiger partial charge in [0.15, 0.2) is 5.60 Å². The first-order valence-corrected chi connectivity index (χ1v) is 9.71. The summed E-state index contributed by atoms with van der Waals surface area (Å²) in [5.74, 6) is -3.01. The van der Waals surface area contributed by atoms with Crippen LogP contribution in [-0.4, -0.2) is 54.7 Å². The zero-order chi connectivity index (χ0) is 22.5. The lowest BCUT2D eigenvalue weighted by Gasteiger charge is -2.30. The summed E-state index contributed by atoms with van der Waals surface area (Å²) >= 11 is 0. The Hall–Kier alpha value is -2.51. The Bertz CT molecular complexity index is 871. The van der Waals surface area contributed by atoms with Crippen molar-refractivity contribution in [3.05, 3.63) is 29.8 Å². The molecular weight excluding hydrogens is 419 g/mol. The number of carbonyl (C=O) groups excluding carboxylic acids is 1. The maximum absolute atomic E-state index is 13.5. The van der Waals surface area contributed by atoms with Crippen LogP contribution in [0.4, 0.5) is 18.9 Å². The summed E-state index contributed by atoms with van der Waals surface area (Å²) in [5, 5.41) is 21.2. The number of carboxylic acids is 1. The second-order valence-corrected chi connectivity index (χ2v) is 7.90. The van der Waals surface area contributed by atoms with E-state index in [0.29, 0.717) is 6.21 Å². The van der Waals surface area contributed by atoms with Gasteiger partial charge in [-0.05, 0) is 17.7 Å². The van der Waals surface area contributed by atoms with Crippen molar-refractivity contribution < 1.29 is 41.4 Å². The molecule has 13 heteroatoms. The number of anilines is 1. The van der Waals surface area contributed by atoms with Crippen LogP contribution in [0, 0.1) is 0 Å². The molecule has 0 aromatic heterocycles. The predicted molar refractivity (Wildman–Crippen MR) is 97.8 cm³/mol. The maximum Gasteiger partial charge on any atom is 0.421 e. The predicted octanol–water partition coefficient (Wildman–Crippen LogP) is 0.988. The molecule has 1 aromatic carbocycles. The van der Waals surface area contributed by atoms with E-state index in [4.69, 9.17) is 10.8 Å². The zero-order valence-corrected chi connectivity index (χ0v) is 16.0. The second kappa shape index (κ2) is 9.33. The highest BCUT2D eigenvalue weighted by molar-refractivity contribution is 7.90. The van der Waals surface area contributed by atoms with Crippen LogP contribution in [0.3, 0.4) is 0 Å². The summed E-state index contributed by atoms with van der Waals surface area (Å²) in [5.41, 5.74) is 1.25. The maximum atomic E-state index is 13.5. The Kier molecular flexibility index (Phi) is 7.89. The van der Waals surface area contributed by atoms with Gasteiger partial charge in [-0.2, -0.15) is 17.6 Å². The molecule has 9 nitrogen and oxygen atoms in total. The van der Waals surface area contributed by atoms with Crippen LogP contribution in [0.1, 0.15) is 25.3 Å². The van der Waals surface area contributed by atoms with Crippen LogP contribution >= 0.6 is 0 Å². The fourth-order valence-corrected chi connectivity index (χ4v) is 3.15. The van der Waals surface area contributed by atoms with Gasteiger partial charge in [-0.3, -0.25) is 9.59 Å². The highest BCUT2D eigenvalue weighted by Crippen LogP contribution is 2.42. The van der Waals surface area contributed by atoms with Gasteiger partial charge in [-0.15, -0.1) is 0 Å². The van der Waals surface area contributed by atoms with Gasteiger partial charge in [0.2, 0.25) is 5.91 Å². The first-order chi connectivity index (χ1) is 13.2. The van der Waals surface area contributed by atoms with Crippen molar-refractivity contribution in [2.24, 2.45) is 10.1 Å². The van der Waals surface area contributed by atoms with E-state index in [2.05, 4.69) is 9.71 Å². The minimum absolute atomic E-state index is 0.192. The largest absolute Gasteiger partial charge is 0.480 e. The molecule has 0 heterocycles. The van der Waals surface area contributed by atoms with E-state index >= 15 is 0 Å². The van der Waals surface area contributed by atoms with Crippen molar-refractivity contribution >= 4 is 33.8 Å². The molecule has 0 aliphatic heterocycles. The number of carboxylic acid groups (broad SMARTS) is 1. The van der Waals surface area contributed by atoms with Crippen molar-refractivity contribution in [2.45, 2.75) is 37.6 Å². The molecule has 0 fully saturated rings. The topological polar surface area (TPSA) is 159 Å². The van der Waals surface area contributed by atoms with Crippen molar-refractivity contribution in [3.8, 4) is 0 Å². The summed E-state index contributed by atoms with van der Waals surface area (Å²) in [6, 6.07) is 2.69. The van der Waals surface area contributed by atoms with Gasteiger partial charge >= 0.3 is 12.1 Å². The second-order valence-electron chi connectivity index (χ2n) is 6.12. The quantitative estimate of drug-likeness (QED) is 0.418. The van der Waals surface area contributed by atoms with E-state index in [1.165, 1.54) is 6.92 Å². The molecular formula is C16H20F3N3O6S. The molecule has 29 heavy (non-hydrogen) atoms. The summed E-state index contributed by atoms with van der Waals surface area (Å²) in [7, 11) is -4.42. The first kappa shape index (κ1) is 24.5. The molecule has 1 aromatic rings. The average Bonchev–Trinajstić information content (AvgIpc) is 2.58. The first-order valence-electron chi connectivity index (χ1n) is 8.10. The summed E-state index contributed by atoms with van der Waals surface area (Å²) < 4.78 is 67.2. The number of nitrogens with zero attached hydrogens (tertiary/aromatic N) is 1. The van der Waals surface area contributed by atoms with E-state index in [9.17, 15) is 36.3 Å². The van der Waals surface area contributed by atoms with E-state index in [1.54, 1.807) is 0 Å². The number of benzene rings is 1. The van der Waals surface area contributed by atoms with Gasteiger partial charge in [0.05, 0.1) is 5.75 Å². The Morgan fingerprint density at radius 3 is 2.28 bits per heavy atom. The monoisotopic (exact) mass is 439 g/mol. The Morgan fingerprint density at radius 2 is 1.83 bits per heavy atom. The molecule has 0 spiro atoms. The average molecular weight is 439 g/mol. The van der Waals surface area contributed by atoms with Gasteiger partial charge in [0.1, 0.15) is 6.04 Å². The van der Waals surface area contributed by atoms with Crippen molar-refractivity contribution in [1.82, 2.24) is 0 Å². The lowest BCUT2D eigenvalue weighted by molar-refractivity contribution is -0.267. The van der Waals surface area contributed by atoms with Crippen LogP contribution in [0.15, 0.2) is 28.7 Å². The number of nitrogens with two attached hydrogens (primary N) is 1. The highest BCUT2D eigenvalue weighted by atomic mass is 32.2. The number of hydrogen-bond acceptors (Lipinski definition) is 6. The van der Waals surface area contributed by atoms with Crippen molar-refractivity contribution in [3.63, 3.8) is 0 Å². The number of amides is 1. The van der Waals surface area contributed by atoms with Crippen molar-refractivity contribution in [2.75, 3.05) is 11.1 Å². The van der Waals surface area contributed by atoms with Crippen LogP contribution in [-0.2, 0) is 25.2 Å². The number of alkyl halides is 3. The number of rotatable bonds is 9. The standard InChI is InChI=1S/C16H20F3N3O6S/c1-10(23)22-12-4-2-11(3-5-12)15(26,16(17,18)19)7-9-29(27,28)21-8-6-13(20)14(24)25/h2-5,8,13,26H,6-7,9,20H2,1H3,(H,22,23)(H,24,25)/t13-,15?/m0/s1. The van der Waals surface area contributed by atoms with Gasteiger partial charge < -0.3 is 21.3 Å². The fourth-order valence-electron chi connectivity index (χ4n) is 2.18. The number of carbonyl (C=O) groups is 2. The van der Waals surface area contributed by atoms with Gasteiger partial charge in [0.25, 0.3) is 10.0 Å². The van der Waals surface area contributed by atoms with Crippen LogP contribution in [0.2, 0.25) is 0 Å². The lowest BCUT2D eigenvalue weighted by atomic mass is 9.90. The van der Waals surface area contributed by atoms with E-state index in [-0.39, 0.29) is 5.69 Å². The minimum Gasteiger partial charge on any atom is -0.480 e. The smallest absolute Gasteiger partial charge is 0.421 e. The number of sulfonamides is 1. The molecule has 2 atom stereocenters. The lowest BCUT2D eigenvalue weighted by Crippen LogP contribution is -2.43. The molecule has 5 N–H and O–H groups in total. The zero-order valence-electron chi connectivity index (χ0n) is 15.2. The van der Waals surface area contributed by atoms with Crippen LogP contribution in [0.25, 0.3) is 0 Å². The molecule has 0 aliphatic rings. The molecule has 0 saturated carbocycles. The molecule has 1 amide bonds. The highest BCUT2D eigenvalue weighted by Gasteiger charge is 2.55. The summed E-state index contributed by atoms with van der Waals surface area (Å²) in [6.45, 7) is 1.20. The van der Waals surface area contributed by atoms with Crippen LogP contribution in [0.5, 0.6) is 0 Å². The van der Waals surface area contributed by atoms with E-state index in [1.807, 2.05) is 0 Å². The third kappa shape index (κ3) is 7.11. The number of nitrogens with one attached hydrogen (secondary N) is 1. The van der Waals surface area contributed by atoms with Gasteiger partial charge in [0, 0.05) is 31.7 Å². The molecule has 0 saturated heterocycles.